The van der Waals surface area contributed by atoms with Crippen LogP contribution in [0.4, 0.5) is 0 Å². The third kappa shape index (κ3) is 5.46. The molecule has 0 aromatic carbocycles. The molecular formula is C17H31N3O. The maximum atomic E-state index is 5.39. The molecule has 0 radical (unpaired) electrons. The summed E-state index contributed by atoms with van der Waals surface area (Å²) in [6, 6.07) is 2.79. The number of nitrogens with one attached hydrogen (secondary N) is 1. The van der Waals surface area contributed by atoms with Crippen LogP contribution in [0.15, 0.2) is 18.5 Å². The highest BCUT2D eigenvalue weighted by Crippen LogP contribution is 2.19. The van der Waals surface area contributed by atoms with Crippen molar-refractivity contribution >= 4 is 0 Å². The normalized spacial score (nSPS) is 18.0. The Kier molecular flexibility index (Phi) is 7.27. The molecule has 1 aromatic rings. The Morgan fingerprint density at radius 2 is 2.00 bits per heavy atom. The first kappa shape index (κ1) is 16.5. The van der Waals surface area contributed by atoms with Gasteiger partial charge < -0.3 is 14.6 Å². The van der Waals surface area contributed by atoms with Gasteiger partial charge >= 0.3 is 0 Å². The predicted molar refractivity (Wildman–Crippen MR) is 87.6 cm³/mol. The molecule has 1 aliphatic heterocycles. The van der Waals surface area contributed by atoms with Crippen LogP contribution in [-0.4, -0.2) is 48.9 Å². The number of ether oxygens (including phenoxy) is 1. The molecule has 1 unspecified atom stereocenters. The summed E-state index contributed by atoms with van der Waals surface area (Å²) in [5.74, 6) is 0. The van der Waals surface area contributed by atoms with E-state index >= 15 is 0 Å². The second-order valence-electron chi connectivity index (χ2n) is 5.93. The summed E-state index contributed by atoms with van der Waals surface area (Å²) >= 11 is 0. The second kappa shape index (κ2) is 9.23. The lowest BCUT2D eigenvalue weighted by molar-refractivity contribution is 0.0364. The average molecular weight is 293 g/mol. The fourth-order valence-electron chi connectivity index (χ4n) is 2.88. The number of hydrogen-bond acceptors (Lipinski definition) is 3. The Morgan fingerprint density at radius 3 is 2.71 bits per heavy atom. The van der Waals surface area contributed by atoms with E-state index in [-0.39, 0.29) is 0 Å². The maximum absolute atomic E-state index is 5.39. The lowest BCUT2D eigenvalue weighted by atomic mass is 10.1. The van der Waals surface area contributed by atoms with E-state index in [4.69, 9.17) is 4.74 Å². The van der Waals surface area contributed by atoms with E-state index in [1.54, 1.807) is 0 Å². The maximum Gasteiger partial charge on any atom is 0.0594 e. The van der Waals surface area contributed by atoms with E-state index in [0.717, 1.165) is 45.9 Å². The summed E-state index contributed by atoms with van der Waals surface area (Å²) in [4.78, 5) is 2.49. The van der Waals surface area contributed by atoms with Gasteiger partial charge in [0.15, 0.2) is 0 Å². The van der Waals surface area contributed by atoms with Gasteiger partial charge in [0.25, 0.3) is 0 Å². The molecule has 0 aliphatic carbocycles. The quantitative estimate of drug-likeness (QED) is 0.759. The van der Waals surface area contributed by atoms with Gasteiger partial charge in [0, 0.05) is 44.6 Å². The molecule has 120 valence electrons. The molecule has 4 nitrogen and oxygen atoms in total. The largest absolute Gasteiger partial charge is 0.379 e. The first-order valence-corrected chi connectivity index (χ1v) is 8.52. The van der Waals surface area contributed by atoms with Gasteiger partial charge in [0.1, 0.15) is 0 Å². The fourth-order valence-corrected chi connectivity index (χ4v) is 2.88. The zero-order chi connectivity index (χ0) is 14.9. The highest BCUT2D eigenvalue weighted by Gasteiger charge is 2.12. The molecule has 1 saturated heterocycles. The van der Waals surface area contributed by atoms with Crippen molar-refractivity contribution in [1.29, 1.82) is 0 Å². The molecule has 0 saturated carbocycles. The van der Waals surface area contributed by atoms with E-state index in [2.05, 4.69) is 47.1 Å². The Bertz CT molecular complexity index is 385. The van der Waals surface area contributed by atoms with Crippen molar-refractivity contribution in [3.63, 3.8) is 0 Å². The summed E-state index contributed by atoms with van der Waals surface area (Å²) < 4.78 is 7.73. The molecule has 0 spiro atoms. The van der Waals surface area contributed by atoms with Crippen molar-refractivity contribution in [2.75, 3.05) is 39.4 Å². The molecule has 0 amide bonds. The monoisotopic (exact) mass is 293 g/mol. The Balaban J connectivity index is 1.83. The summed E-state index contributed by atoms with van der Waals surface area (Å²) in [5, 5.41) is 3.67. The second-order valence-corrected chi connectivity index (χ2v) is 5.93. The summed E-state index contributed by atoms with van der Waals surface area (Å²) in [7, 11) is 0. The average Bonchev–Trinajstić information content (AvgIpc) is 2.99. The number of rotatable bonds is 9. The van der Waals surface area contributed by atoms with Crippen LogP contribution in [0.25, 0.3) is 0 Å². The Hall–Kier alpha value is -0.840. The van der Waals surface area contributed by atoms with Gasteiger partial charge in [-0.3, -0.25) is 4.90 Å². The third-order valence-corrected chi connectivity index (χ3v) is 4.17. The van der Waals surface area contributed by atoms with Crippen LogP contribution < -0.4 is 5.32 Å². The van der Waals surface area contributed by atoms with Crippen LogP contribution >= 0.6 is 0 Å². The van der Waals surface area contributed by atoms with Crippen molar-refractivity contribution < 1.29 is 4.74 Å². The lowest BCUT2D eigenvalue weighted by Crippen LogP contribution is -2.38. The SMILES string of the molecule is CCCNC(CCC)c1ccn(CCN2CCOCC2)c1. The summed E-state index contributed by atoms with van der Waals surface area (Å²) in [5.41, 5.74) is 1.44. The van der Waals surface area contributed by atoms with E-state index < -0.39 is 0 Å². The van der Waals surface area contributed by atoms with Gasteiger partial charge in [0.05, 0.1) is 13.2 Å². The standard InChI is InChI=1S/C17H31N3O/c1-3-5-17(18-7-4-2)16-6-8-20(15-16)10-9-19-11-13-21-14-12-19/h6,8,15,17-18H,3-5,7,9-14H2,1-2H3. The number of nitrogens with zero attached hydrogens (tertiary/aromatic N) is 2. The van der Waals surface area contributed by atoms with E-state index in [9.17, 15) is 0 Å². The molecule has 1 aliphatic rings. The van der Waals surface area contributed by atoms with Crippen LogP contribution in [-0.2, 0) is 11.3 Å². The minimum atomic E-state index is 0.514. The van der Waals surface area contributed by atoms with Crippen LogP contribution in [0.3, 0.4) is 0 Å². The highest BCUT2D eigenvalue weighted by atomic mass is 16.5. The summed E-state index contributed by atoms with van der Waals surface area (Å²) in [6.07, 6.45) is 8.18. The molecular weight excluding hydrogens is 262 g/mol. The van der Waals surface area contributed by atoms with E-state index in [1.165, 1.54) is 24.8 Å². The fraction of sp³-hybridized carbons (Fsp3) is 0.765. The molecule has 4 heteroatoms. The topological polar surface area (TPSA) is 29.4 Å². The molecule has 0 bridgehead atoms. The Morgan fingerprint density at radius 1 is 1.19 bits per heavy atom. The van der Waals surface area contributed by atoms with Crippen LogP contribution in [0.1, 0.15) is 44.7 Å². The van der Waals surface area contributed by atoms with Gasteiger partial charge in [-0.2, -0.15) is 0 Å². The summed E-state index contributed by atoms with van der Waals surface area (Å²) in [6.45, 7) is 11.7. The highest BCUT2D eigenvalue weighted by molar-refractivity contribution is 5.15. The zero-order valence-electron chi connectivity index (χ0n) is 13.7. The minimum absolute atomic E-state index is 0.514. The zero-order valence-corrected chi connectivity index (χ0v) is 13.7. The molecule has 2 heterocycles. The van der Waals surface area contributed by atoms with Crippen molar-refractivity contribution in [2.45, 2.75) is 45.7 Å². The number of morpholine rings is 1. The number of hydrogen-bond donors (Lipinski definition) is 1. The van der Waals surface area contributed by atoms with Crippen molar-refractivity contribution in [2.24, 2.45) is 0 Å². The molecule has 1 atom stereocenters. The van der Waals surface area contributed by atoms with Gasteiger partial charge in [0.2, 0.25) is 0 Å². The van der Waals surface area contributed by atoms with Gasteiger partial charge in [-0.25, -0.2) is 0 Å². The molecule has 1 N–H and O–H groups in total. The van der Waals surface area contributed by atoms with Crippen molar-refractivity contribution in [3.05, 3.63) is 24.0 Å². The van der Waals surface area contributed by atoms with Crippen LogP contribution in [0.5, 0.6) is 0 Å². The van der Waals surface area contributed by atoms with E-state index in [0.29, 0.717) is 6.04 Å². The lowest BCUT2D eigenvalue weighted by Gasteiger charge is -2.26. The van der Waals surface area contributed by atoms with Gasteiger partial charge in [-0.1, -0.05) is 20.3 Å². The van der Waals surface area contributed by atoms with Crippen LogP contribution in [0, 0.1) is 0 Å². The van der Waals surface area contributed by atoms with Gasteiger partial charge in [-0.15, -0.1) is 0 Å². The van der Waals surface area contributed by atoms with Crippen molar-refractivity contribution in [1.82, 2.24) is 14.8 Å². The minimum Gasteiger partial charge on any atom is -0.379 e. The first-order chi connectivity index (χ1) is 10.3. The molecule has 21 heavy (non-hydrogen) atoms. The predicted octanol–water partition coefficient (Wildman–Crippen LogP) is 2.66. The molecule has 1 aromatic heterocycles. The van der Waals surface area contributed by atoms with E-state index in [1.807, 2.05) is 0 Å². The number of aromatic nitrogens is 1. The van der Waals surface area contributed by atoms with Gasteiger partial charge in [-0.05, 0) is 31.0 Å². The van der Waals surface area contributed by atoms with Crippen molar-refractivity contribution in [3.8, 4) is 0 Å². The Labute approximate surface area is 129 Å². The first-order valence-electron chi connectivity index (χ1n) is 8.52. The third-order valence-electron chi connectivity index (χ3n) is 4.17. The molecule has 2 rings (SSSR count). The van der Waals surface area contributed by atoms with Crippen LogP contribution in [0.2, 0.25) is 0 Å². The molecule has 1 fully saturated rings. The smallest absolute Gasteiger partial charge is 0.0594 e.